The molecule has 0 aromatic heterocycles. The van der Waals surface area contributed by atoms with Crippen LogP contribution in [-0.2, 0) is 24.8 Å². The summed E-state index contributed by atoms with van der Waals surface area (Å²) in [5.74, 6) is 4.78. The minimum Gasteiger partial charge on any atom is -0.448 e. The molecule has 0 amide bonds. The molecule has 33 heavy (non-hydrogen) atoms. The lowest BCUT2D eigenvalue weighted by atomic mass is 9.87. The molecule has 3 aromatic carbocycles. The first-order valence-corrected chi connectivity index (χ1v) is 11.1. The van der Waals surface area contributed by atoms with E-state index in [1.807, 2.05) is 91.0 Å². The zero-order valence-electron chi connectivity index (χ0n) is 18.2. The van der Waals surface area contributed by atoms with E-state index in [1.54, 1.807) is 0 Å². The molecule has 0 spiro atoms. The summed E-state index contributed by atoms with van der Waals surface area (Å²) >= 11 is 0. The first-order chi connectivity index (χ1) is 16.3. The fraction of sp³-hybridized carbons (Fsp3) is 0.207. The van der Waals surface area contributed by atoms with Gasteiger partial charge in [-0.2, -0.15) is 0 Å². The Bertz CT molecular complexity index is 1210. The largest absolute Gasteiger partial charge is 0.448 e. The van der Waals surface area contributed by atoms with Gasteiger partial charge in [0.25, 0.3) is 0 Å². The summed E-state index contributed by atoms with van der Waals surface area (Å²) in [5.41, 5.74) is 4.20. The van der Waals surface area contributed by atoms with Crippen molar-refractivity contribution in [3.05, 3.63) is 113 Å². The quantitative estimate of drug-likeness (QED) is 0.317. The van der Waals surface area contributed by atoms with E-state index >= 15 is 0 Å². The van der Waals surface area contributed by atoms with Crippen LogP contribution in [0.2, 0.25) is 0 Å². The zero-order chi connectivity index (χ0) is 22.5. The molecule has 2 atom stereocenters. The van der Waals surface area contributed by atoms with Gasteiger partial charge in [-0.05, 0) is 29.7 Å². The molecular formula is C29H24O4. The Morgan fingerprint density at radius 1 is 0.909 bits per heavy atom. The number of rotatable bonds is 5. The summed E-state index contributed by atoms with van der Waals surface area (Å²) in [5, 5.41) is 0. The topological polar surface area (TPSA) is 44.8 Å². The summed E-state index contributed by atoms with van der Waals surface area (Å²) in [6.07, 6.45) is 0.503. The van der Waals surface area contributed by atoms with Crippen molar-refractivity contribution in [3.63, 3.8) is 0 Å². The van der Waals surface area contributed by atoms with Crippen LogP contribution in [0.3, 0.4) is 0 Å². The molecule has 1 fully saturated rings. The van der Waals surface area contributed by atoms with Gasteiger partial charge in [-0.15, -0.1) is 0 Å². The van der Waals surface area contributed by atoms with Crippen molar-refractivity contribution < 1.29 is 19.0 Å². The van der Waals surface area contributed by atoms with E-state index < -0.39 is 11.9 Å². The minimum atomic E-state index is -1.20. The van der Waals surface area contributed by atoms with E-state index in [-0.39, 0.29) is 5.97 Å². The van der Waals surface area contributed by atoms with E-state index in [4.69, 9.17) is 14.2 Å². The second kappa shape index (κ2) is 9.46. The fourth-order valence-electron chi connectivity index (χ4n) is 4.40. The standard InChI is InChI=1S/C29H24O4/c30-28-26(23-15-6-2-7-16-23)25-19-21-32-29(27(25)33-28,24-17-8-3-9-18-24)31-20-11-10-14-22-12-4-1-5-13-22/h1-9,12-13,15-18,27H,11,19-21H2/t27-,29+/m1/s1. The second-order valence-electron chi connectivity index (χ2n) is 7.95. The van der Waals surface area contributed by atoms with E-state index in [9.17, 15) is 4.79 Å². The van der Waals surface area contributed by atoms with Gasteiger partial charge in [-0.25, -0.2) is 4.79 Å². The van der Waals surface area contributed by atoms with Crippen LogP contribution in [0.5, 0.6) is 0 Å². The van der Waals surface area contributed by atoms with Crippen molar-refractivity contribution >= 4 is 11.5 Å². The Balaban J connectivity index is 1.45. The van der Waals surface area contributed by atoms with Crippen molar-refractivity contribution in [2.24, 2.45) is 0 Å². The molecule has 4 heteroatoms. The van der Waals surface area contributed by atoms with Gasteiger partial charge in [0, 0.05) is 17.5 Å². The summed E-state index contributed by atoms with van der Waals surface area (Å²) in [6.45, 7) is 0.778. The van der Waals surface area contributed by atoms with Gasteiger partial charge in [0.05, 0.1) is 18.8 Å². The Hall–Kier alpha value is -3.65. The van der Waals surface area contributed by atoms with E-state index in [0.717, 1.165) is 22.3 Å². The maximum atomic E-state index is 13.0. The minimum absolute atomic E-state index is 0.334. The molecule has 164 valence electrons. The van der Waals surface area contributed by atoms with Crippen LogP contribution in [0.4, 0.5) is 0 Å². The van der Waals surface area contributed by atoms with Gasteiger partial charge in [0.1, 0.15) is 0 Å². The van der Waals surface area contributed by atoms with Crippen LogP contribution >= 0.6 is 0 Å². The van der Waals surface area contributed by atoms with Crippen LogP contribution in [0.25, 0.3) is 5.57 Å². The molecule has 2 aliphatic rings. The lowest BCUT2D eigenvalue weighted by Crippen LogP contribution is -2.49. The molecule has 0 aliphatic carbocycles. The van der Waals surface area contributed by atoms with Crippen LogP contribution in [0.15, 0.2) is 96.6 Å². The summed E-state index contributed by atoms with van der Waals surface area (Å²) in [6, 6.07) is 29.2. The van der Waals surface area contributed by atoms with Crippen molar-refractivity contribution in [2.45, 2.75) is 24.7 Å². The lowest BCUT2D eigenvalue weighted by molar-refractivity contribution is -0.295. The predicted octanol–water partition coefficient (Wildman–Crippen LogP) is 5.10. The molecule has 3 aromatic rings. The SMILES string of the molecule is O=C1O[C@@H]2C(=C1c1ccccc1)CCO[C@@]2(OCCC#Cc1ccccc1)c1ccccc1. The van der Waals surface area contributed by atoms with Crippen molar-refractivity contribution in [2.75, 3.05) is 13.2 Å². The molecule has 0 unspecified atom stereocenters. The number of carbonyl (C=O) groups is 1. The highest BCUT2D eigenvalue weighted by Crippen LogP contribution is 2.47. The van der Waals surface area contributed by atoms with Crippen LogP contribution in [-0.4, -0.2) is 25.3 Å². The highest BCUT2D eigenvalue weighted by Gasteiger charge is 2.54. The third-order valence-corrected chi connectivity index (χ3v) is 5.89. The van der Waals surface area contributed by atoms with Gasteiger partial charge in [0.15, 0.2) is 6.10 Å². The fourth-order valence-corrected chi connectivity index (χ4v) is 4.40. The third kappa shape index (κ3) is 4.21. The van der Waals surface area contributed by atoms with Gasteiger partial charge in [-0.1, -0.05) is 90.7 Å². The van der Waals surface area contributed by atoms with Crippen LogP contribution < -0.4 is 0 Å². The summed E-state index contributed by atoms with van der Waals surface area (Å²) in [7, 11) is 0. The Morgan fingerprint density at radius 3 is 2.30 bits per heavy atom. The average Bonchev–Trinajstić information content (AvgIpc) is 3.22. The van der Waals surface area contributed by atoms with E-state index in [1.165, 1.54) is 0 Å². The van der Waals surface area contributed by atoms with E-state index in [0.29, 0.717) is 31.6 Å². The van der Waals surface area contributed by atoms with Gasteiger partial charge in [-0.3, -0.25) is 0 Å². The molecule has 0 radical (unpaired) electrons. The summed E-state index contributed by atoms with van der Waals surface area (Å²) in [4.78, 5) is 13.0. The van der Waals surface area contributed by atoms with E-state index in [2.05, 4.69) is 11.8 Å². The number of hydrogen-bond acceptors (Lipinski definition) is 4. The van der Waals surface area contributed by atoms with Gasteiger partial charge in [0.2, 0.25) is 5.79 Å². The molecule has 4 nitrogen and oxygen atoms in total. The smallest absolute Gasteiger partial charge is 0.339 e. The van der Waals surface area contributed by atoms with Gasteiger partial charge >= 0.3 is 5.97 Å². The third-order valence-electron chi connectivity index (χ3n) is 5.89. The van der Waals surface area contributed by atoms with Crippen LogP contribution in [0.1, 0.15) is 29.5 Å². The number of carbonyl (C=O) groups excluding carboxylic acids is 1. The average molecular weight is 437 g/mol. The molecule has 5 rings (SSSR count). The summed E-state index contributed by atoms with van der Waals surface area (Å²) < 4.78 is 18.6. The van der Waals surface area contributed by atoms with Crippen molar-refractivity contribution in [1.82, 2.24) is 0 Å². The highest BCUT2D eigenvalue weighted by atomic mass is 16.7. The predicted molar refractivity (Wildman–Crippen MR) is 126 cm³/mol. The first kappa shape index (κ1) is 21.2. The second-order valence-corrected chi connectivity index (χ2v) is 7.95. The van der Waals surface area contributed by atoms with Crippen molar-refractivity contribution in [3.8, 4) is 11.8 Å². The zero-order valence-corrected chi connectivity index (χ0v) is 18.2. The number of ether oxygens (including phenoxy) is 3. The molecular weight excluding hydrogens is 412 g/mol. The number of esters is 1. The monoisotopic (exact) mass is 436 g/mol. The van der Waals surface area contributed by atoms with Crippen LogP contribution in [0, 0.1) is 11.8 Å². The molecule has 0 saturated carbocycles. The van der Waals surface area contributed by atoms with Crippen molar-refractivity contribution in [1.29, 1.82) is 0 Å². The maximum absolute atomic E-state index is 13.0. The Morgan fingerprint density at radius 2 is 1.58 bits per heavy atom. The van der Waals surface area contributed by atoms with Gasteiger partial charge < -0.3 is 14.2 Å². The first-order valence-electron chi connectivity index (χ1n) is 11.1. The maximum Gasteiger partial charge on any atom is 0.339 e. The number of fused-ring (bicyclic) bond motifs is 1. The molecule has 2 aliphatic heterocycles. The highest BCUT2D eigenvalue weighted by molar-refractivity contribution is 6.19. The lowest BCUT2D eigenvalue weighted by Gasteiger charge is -2.42. The molecule has 0 bridgehead atoms. The Labute approximate surface area is 193 Å². The number of benzene rings is 3. The molecule has 1 saturated heterocycles. The molecule has 2 heterocycles. The normalized spacial score (nSPS) is 21.7. The Kier molecular flexibility index (Phi) is 6.08. The molecule has 0 N–H and O–H groups in total. The number of hydrogen-bond donors (Lipinski definition) is 0.